The first-order valence-electron chi connectivity index (χ1n) is 10.0. The van der Waals surface area contributed by atoms with Crippen LogP contribution >= 0.6 is 0 Å². The Labute approximate surface area is 181 Å². The fraction of sp³-hybridized carbons (Fsp3) is 0.364. The Balaban J connectivity index is 0.00000231. The predicted molar refractivity (Wildman–Crippen MR) is 122 cm³/mol. The van der Waals surface area contributed by atoms with Gasteiger partial charge in [-0.3, -0.25) is 4.68 Å². The number of fused-ring (bicyclic) bond motifs is 1. The molecule has 0 radical (unpaired) electrons. The zero-order chi connectivity index (χ0) is 20.5. The van der Waals surface area contributed by atoms with E-state index in [-0.39, 0.29) is 7.43 Å². The van der Waals surface area contributed by atoms with E-state index >= 15 is 0 Å². The predicted octanol–water partition coefficient (Wildman–Crippen LogP) is 3.21. The van der Waals surface area contributed by atoms with Gasteiger partial charge in [0.05, 0.1) is 43.2 Å². The van der Waals surface area contributed by atoms with Gasteiger partial charge in [-0.05, 0) is 24.6 Å². The lowest BCUT2D eigenvalue weighted by molar-refractivity contribution is 0.0989. The fourth-order valence-electron chi connectivity index (χ4n) is 3.77. The molecule has 1 fully saturated rings. The maximum Gasteiger partial charge on any atom is 0.229 e. The molecule has 4 aromatic rings. The average molecular weight is 421 g/mol. The Hall–Kier alpha value is -3.46. The van der Waals surface area contributed by atoms with Gasteiger partial charge in [0.15, 0.2) is 5.65 Å². The zero-order valence-electron chi connectivity index (χ0n) is 17.1. The molecule has 1 saturated heterocycles. The van der Waals surface area contributed by atoms with Gasteiger partial charge in [0.25, 0.3) is 0 Å². The van der Waals surface area contributed by atoms with Crippen LogP contribution in [-0.2, 0) is 18.3 Å². The molecule has 1 aliphatic heterocycles. The second kappa shape index (κ2) is 8.73. The summed E-state index contributed by atoms with van der Waals surface area (Å²) in [7, 11) is 1.87. The van der Waals surface area contributed by atoms with E-state index in [9.17, 15) is 0 Å². The summed E-state index contributed by atoms with van der Waals surface area (Å²) in [4.78, 5) is 11.5. The number of nitrogens with one attached hydrogen (secondary N) is 1. The first kappa shape index (κ1) is 20.8. The number of anilines is 3. The van der Waals surface area contributed by atoms with Crippen LogP contribution in [0.1, 0.15) is 19.9 Å². The molecule has 0 amide bonds. The highest BCUT2D eigenvalue weighted by Gasteiger charge is 2.19. The number of morpholine rings is 1. The summed E-state index contributed by atoms with van der Waals surface area (Å²) in [6, 6.07) is 8.98. The lowest BCUT2D eigenvalue weighted by Gasteiger charge is -2.35. The molecule has 0 spiro atoms. The monoisotopic (exact) mass is 420 g/mol. The highest BCUT2D eigenvalue weighted by atomic mass is 16.5. The Morgan fingerprint density at radius 3 is 2.90 bits per heavy atom. The summed E-state index contributed by atoms with van der Waals surface area (Å²) in [6.07, 6.45) is 7.21. The summed E-state index contributed by atoms with van der Waals surface area (Å²) in [5.74, 6) is 0.521. The van der Waals surface area contributed by atoms with Gasteiger partial charge in [-0.25, -0.2) is 9.67 Å². The van der Waals surface area contributed by atoms with Crippen molar-refractivity contribution < 1.29 is 4.74 Å². The summed E-state index contributed by atoms with van der Waals surface area (Å²) >= 11 is 0. The zero-order valence-corrected chi connectivity index (χ0v) is 17.1. The maximum absolute atomic E-state index is 5.57. The summed E-state index contributed by atoms with van der Waals surface area (Å²) in [5, 5.41) is 12.8. The number of aryl methyl sites for hydroxylation is 1. The van der Waals surface area contributed by atoms with Gasteiger partial charge >= 0.3 is 0 Å². The number of nitrogens with zero attached hydrogens (tertiary/aromatic N) is 7. The molecule has 3 aromatic heterocycles. The molecule has 0 saturated carbocycles. The average Bonchev–Trinajstić information content (AvgIpc) is 3.34. The molecule has 0 aliphatic carbocycles. The molecule has 0 bridgehead atoms. The van der Waals surface area contributed by atoms with Crippen LogP contribution < -0.4 is 10.2 Å². The molecule has 4 heterocycles. The third-order valence-corrected chi connectivity index (χ3v) is 5.28. The van der Waals surface area contributed by atoms with Gasteiger partial charge in [-0.15, -0.1) is 0 Å². The summed E-state index contributed by atoms with van der Waals surface area (Å²) in [6.45, 7) is 5.27. The highest BCUT2D eigenvalue weighted by molar-refractivity contribution is 5.75. The van der Waals surface area contributed by atoms with Crippen molar-refractivity contribution in [3.8, 4) is 0 Å². The third-order valence-electron chi connectivity index (χ3n) is 5.28. The van der Waals surface area contributed by atoms with Crippen molar-refractivity contribution in [1.29, 1.82) is 0 Å². The van der Waals surface area contributed by atoms with E-state index in [2.05, 4.69) is 61.6 Å². The normalized spacial score (nSPS) is 16.3. The maximum atomic E-state index is 5.57. The molecule has 1 aliphatic rings. The molecule has 9 nitrogen and oxygen atoms in total. The summed E-state index contributed by atoms with van der Waals surface area (Å²) in [5.41, 5.74) is 4.03. The lowest BCUT2D eigenvalue weighted by atomic mass is 10.1. The molecular weight excluding hydrogens is 392 g/mol. The van der Waals surface area contributed by atoms with Crippen LogP contribution in [0.15, 0.2) is 49.1 Å². The smallest absolute Gasteiger partial charge is 0.229 e. The van der Waals surface area contributed by atoms with Crippen molar-refractivity contribution in [3.05, 3.63) is 54.6 Å². The molecule has 1 atom stereocenters. The van der Waals surface area contributed by atoms with E-state index < -0.39 is 0 Å². The number of aromatic nitrogens is 6. The van der Waals surface area contributed by atoms with Crippen molar-refractivity contribution in [2.75, 3.05) is 30.0 Å². The van der Waals surface area contributed by atoms with Crippen LogP contribution in [-0.4, -0.2) is 55.3 Å². The van der Waals surface area contributed by atoms with Crippen LogP contribution in [0.3, 0.4) is 0 Å². The minimum absolute atomic E-state index is 0. The van der Waals surface area contributed by atoms with Gasteiger partial charge in [0.1, 0.15) is 0 Å². The molecular formula is C22H28N8O. The van der Waals surface area contributed by atoms with Crippen LogP contribution in [0, 0.1) is 0 Å². The molecule has 5 rings (SSSR count). The first-order chi connectivity index (χ1) is 14.7. The van der Waals surface area contributed by atoms with Crippen LogP contribution in [0.4, 0.5) is 17.3 Å². The minimum Gasteiger partial charge on any atom is -0.377 e. The number of ether oxygens (including phenoxy) is 1. The van der Waals surface area contributed by atoms with Crippen LogP contribution in [0.2, 0.25) is 0 Å². The van der Waals surface area contributed by atoms with Crippen molar-refractivity contribution in [1.82, 2.24) is 29.5 Å². The SMILES string of the molecule is C.C[C@H]1COCCN1c1cccc(Cn2ncc3cnc(Nc4cnn(C)c4)nc32)c1. The van der Waals surface area contributed by atoms with Crippen LogP contribution in [0.25, 0.3) is 11.0 Å². The van der Waals surface area contributed by atoms with Crippen LogP contribution in [0.5, 0.6) is 0 Å². The molecule has 9 heteroatoms. The van der Waals surface area contributed by atoms with Crippen molar-refractivity contribution in [3.63, 3.8) is 0 Å². The molecule has 162 valence electrons. The van der Waals surface area contributed by atoms with E-state index in [0.717, 1.165) is 36.5 Å². The second-order valence-electron chi connectivity index (χ2n) is 7.59. The number of hydrogen-bond acceptors (Lipinski definition) is 7. The van der Waals surface area contributed by atoms with Gasteiger partial charge in [0.2, 0.25) is 5.95 Å². The van der Waals surface area contributed by atoms with Gasteiger partial charge in [-0.2, -0.15) is 15.2 Å². The molecule has 31 heavy (non-hydrogen) atoms. The van der Waals surface area contributed by atoms with E-state index in [1.165, 1.54) is 11.3 Å². The minimum atomic E-state index is 0. The van der Waals surface area contributed by atoms with Gasteiger partial charge < -0.3 is 15.0 Å². The standard InChI is InChI=1S/C21H24N8O.CH4/c1-15-14-30-7-6-28(15)19-5-3-4-16(8-19)12-29-20-17(10-24-29)9-22-21(26-20)25-18-11-23-27(2)13-18;/h3-5,8-11,13,15H,6-7,12,14H2,1-2H3,(H,22,25,26);1H4/t15-;/m0./s1. The van der Waals surface area contributed by atoms with E-state index in [0.29, 0.717) is 18.5 Å². The summed E-state index contributed by atoms with van der Waals surface area (Å²) < 4.78 is 9.21. The first-order valence-corrected chi connectivity index (χ1v) is 10.0. The molecule has 0 unspecified atom stereocenters. The highest BCUT2D eigenvalue weighted by Crippen LogP contribution is 2.22. The quantitative estimate of drug-likeness (QED) is 0.530. The Morgan fingerprint density at radius 2 is 2.10 bits per heavy atom. The number of hydrogen-bond donors (Lipinski definition) is 1. The number of benzene rings is 1. The number of rotatable bonds is 5. The van der Waals surface area contributed by atoms with Crippen molar-refractivity contribution in [2.45, 2.75) is 26.9 Å². The van der Waals surface area contributed by atoms with Gasteiger partial charge in [-0.1, -0.05) is 19.6 Å². The van der Waals surface area contributed by atoms with E-state index in [1.807, 2.05) is 17.9 Å². The van der Waals surface area contributed by atoms with Gasteiger partial charge in [0, 0.05) is 37.7 Å². The van der Waals surface area contributed by atoms with E-state index in [1.54, 1.807) is 23.3 Å². The fourth-order valence-corrected chi connectivity index (χ4v) is 3.77. The second-order valence-corrected chi connectivity index (χ2v) is 7.59. The third kappa shape index (κ3) is 4.36. The van der Waals surface area contributed by atoms with Crippen molar-refractivity contribution >= 4 is 28.4 Å². The largest absolute Gasteiger partial charge is 0.377 e. The topological polar surface area (TPSA) is 85.9 Å². The molecule has 1 N–H and O–H groups in total. The Morgan fingerprint density at radius 1 is 1.19 bits per heavy atom. The lowest BCUT2D eigenvalue weighted by Crippen LogP contribution is -2.43. The Kier molecular flexibility index (Phi) is 5.85. The Bertz CT molecular complexity index is 1170. The molecule has 1 aromatic carbocycles. The van der Waals surface area contributed by atoms with E-state index in [4.69, 9.17) is 4.74 Å². The van der Waals surface area contributed by atoms with Crippen molar-refractivity contribution in [2.24, 2.45) is 7.05 Å².